The number of epoxide rings is 2. The molecule has 2 aliphatic heterocycles. The van der Waals surface area contributed by atoms with Gasteiger partial charge in [-0.05, 0) is 29.7 Å². The van der Waals surface area contributed by atoms with Crippen molar-refractivity contribution in [2.75, 3.05) is 20.3 Å². The summed E-state index contributed by atoms with van der Waals surface area (Å²) < 4.78 is 15.8. The molecule has 3 rings (SSSR count). The van der Waals surface area contributed by atoms with Gasteiger partial charge in [0.25, 0.3) is 0 Å². The molecule has 18 heavy (non-hydrogen) atoms. The number of benzene rings is 1. The van der Waals surface area contributed by atoms with Gasteiger partial charge in [-0.3, -0.25) is 0 Å². The molecular weight excluding hydrogens is 230 g/mol. The van der Waals surface area contributed by atoms with Crippen LogP contribution in [-0.2, 0) is 15.9 Å². The maximum Gasteiger partial charge on any atom is 0.119 e. The van der Waals surface area contributed by atoms with Crippen molar-refractivity contribution in [1.82, 2.24) is 0 Å². The molecule has 3 unspecified atom stereocenters. The summed E-state index contributed by atoms with van der Waals surface area (Å²) in [6, 6.07) is 6.16. The molecule has 0 aliphatic carbocycles. The first kappa shape index (κ1) is 12.0. The Morgan fingerprint density at radius 3 is 2.67 bits per heavy atom. The summed E-state index contributed by atoms with van der Waals surface area (Å²) in [7, 11) is 1.68. The number of methoxy groups -OCH3 is 1. The molecule has 0 saturated carbocycles. The molecule has 0 amide bonds. The van der Waals surface area contributed by atoms with Crippen molar-refractivity contribution >= 4 is 0 Å². The first-order valence-corrected chi connectivity index (χ1v) is 6.42. The van der Waals surface area contributed by atoms with Crippen LogP contribution in [0, 0.1) is 0 Å². The highest BCUT2D eigenvalue weighted by Crippen LogP contribution is 2.30. The van der Waals surface area contributed by atoms with Gasteiger partial charge in [0.2, 0.25) is 0 Å². The van der Waals surface area contributed by atoms with E-state index in [-0.39, 0.29) is 6.04 Å². The summed E-state index contributed by atoms with van der Waals surface area (Å²) >= 11 is 0. The molecule has 2 N–H and O–H groups in total. The van der Waals surface area contributed by atoms with E-state index in [0.717, 1.165) is 31.8 Å². The van der Waals surface area contributed by atoms with Gasteiger partial charge in [-0.1, -0.05) is 6.07 Å². The van der Waals surface area contributed by atoms with E-state index in [0.29, 0.717) is 12.2 Å². The second-order valence-electron chi connectivity index (χ2n) is 5.02. The molecule has 2 fully saturated rings. The third-order valence-corrected chi connectivity index (χ3v) is 3.52. The van der Waals surface area contributed by atoms with Gasteiger partial charge in [0.1, 0.15) is 5.75 Å². The number of hydrogen-bond acceptors (Lipinski definition) is 4. The largest absolute Gasteiger partial charge is 0.497 e. The normalized spacial score (nSPS) is 26.8. The molecule has 1 aromatic carbocycles. The summed E-state index contributed by atoms with van der Waals surface area (Å²) in [5, 5.41) is 0. The molecule has 0 radical (unpaired) electrons. The quantitative estimate of drug-likeness (QED) is 0.775. The smallest absolute Gasteiger partial charge is 0.119 e. The topological polar surface area (TPSA) is 60.3 Å². The fourth-order valence-electron chi connectivity index (χ4n) is 2.29. The third-order valence-electron chi connectivity index (χ3n) is 3.52. The van der Waals surface area contributed by atoms with Gasteiger partial charge in [0.05, 0.1) is 32.5 Å². The minimum Gasteiger partial charge on any atom is -0.497 e. The Kier molecular flexibility index (Phi) is 3.24. The number of nitrogens with two attached hydrogens (primary N) is 1. The zero-order valence-corrected chi connectivity index (χ0v) is 10.6. The minimum absolute atomic E-state index is 0.0390. The second kappa shape index (κ2) is 4.88. The molecule has 0 spiro atoms. The maximum atomic E-state index is 6.26. The van der Waals surface area contributed by atoms with E-state index in [9.17, 15) is 0 Å². The van der Waals surface area contributed by atoms with Gasteiger partial charge < -0.3 is 19.9 Å². The van der Waals surface area contributed by atoms with Crippen LogP contribution in [0.1, 0.15) is 23.6 Å². The molecule has 4 nitrogen and oxygen atoms in total. The number of ether oxygens (including phenoxy) is 3. The van der Waals surface area contributed by atoms with Crippen molar-refractivity contribution < 1.29 is 14.2 Å². The van der Waals surface area contributed by atoms with Gasteiger partial charge >= 0.3 is 0 Å². The zero-order valence-electron chi connectivity index (χ0n) is 10.6. The van der Waals surface area contributed by atoms with E-state index in [1.807, 2.05) is 6.07 Å². The van der Waals surface area contributed by atoms with Crippen molar-refractivity contribution in [3.63, 3.8) is 0 Å². The highest BCUT2D eigenvalue weighted by atomic mass is 16.6. The molecule has 98 valence electrons. The Labute approximate surface area is 107 Å². The molecule has 0 bridgehead atoms. The van der Waals surface area contributed by atoms with Crippen LogP contribution in [0.5, 0.6) is 5.75 Å². The molecular formula is C14H19NO3. The van der Waals surface area contributed by atoms with Crippen LogP contribution in [0.3, 0.4) is 0 Å². The monoisotopic (exact) mass is 249 g/mol. The lowest BCUT2D eigenvalue weighted by molar-refractivity contribution is 0.380. The molecule has 2 aliphatic rings. The van der Waals surface area contributed by atoms with Crippen molar-refractivity contribution in [3.05, 3.63) is 29.3 Å². The van der Waals surface area contributed by atoms with Crippen LogP contribution in [0.2, 0.25) is 0 Å². The SMILES string of the molecule is COc1ccc(C(N)CC2CO2)c(CC2CO2)c1. The van der Waals surface area contributed by atoms with Gasteiger partial charge in [0, 0.05) is 12.5 Å². The van der Waals surface area contributed by atoms with Crippen molar-refractivity contribution in [3.8, 4) is 5.75 Å². The summed E-state index contributed by atoms with van der Waals surface area (Å²) in [4.78, 5) is 0. The van der Waals surface area contributed by atoms with Gasteiger partial charge in [0.15, 0.2) is 0 Å². The van der Waals surface area contributed by atoms with Gasteiger partial charge in [-0.15, -0.1) is 0 Å². The van der Waals surface area contributed by atoms with E-state index < -0.39 is 0 Å². The third kappa shape index (κ3) is 2.83. The summed E-state index contributed by atoms with van der Waals surface area (Å²) in [6.07, 6.45) is 2.53. The standard InChI is InChI=1S/C14H19NO3/c1-16-10-2-3-13(14(15)6-12-8-18-12)9(4-10)5-11-7-17-11/h2-4,11-12,14H,5-8,15H2,1H3. The Balaban J connectivity index is 1.80. The van der Waals surface area contributed by atoms with Crippen LogP contribution in [0.25, 0.3) is 0 Å². The van der Waals surface area contributed by atoms with Crippen LogP contribution >= 0.6 is 0 Å². The van der Waals surface area contributed by atoms with E-state index in [2.05, 4.69) is 12.1 Å². The molecule has 4 heteroatoms. The lowest BCUT2D eigenvalue weighted by Crippen LogP contribution is -2.15. The Bertz CT molecular complexity index is 427. The molecule has 3 atom stereocenters. The van der Waals surface area contributed by atoms with Gasteiger partial charge in [-0.25, -0.2) is 0 Å². The van der Waals surface area contributed by atoms with E-state index in [1.54, 1.807) is 7.11 Å². The highest BCUT2D eigenvalue weighted by molar-refractivity contribution is 5.38. The first-order chi connectivity index (χ1) is 8.76. The first-order valence-electron chi connectivity index (χ1n) is 6.42. The fourth-order valence-corrected chi connectivity index (χ4v) is 2.29. The molecule has 2 heterocycles. The van der Waals surface area contributed by atoms with Crippen LogP contribution in [0.15, 0.2) is 18.2 Å². The lowest BCUT2D eigenvalue weighted by Gasteiger charge is -2.16. The van der Waals surface area contributed by atoms with E-state index in [1.165, 1.54) is 11.1 Å². The highest BCUT2D eigenvalue weighted by Gasteiger charge is 2.29. The Morgan fingerprint density at radius 1 is 1.33 bits per heavy atom. The predicted molar refractivity (Wildman–Crippen MR) is 67.7 cm³/mol. The van der Waals surface area contributed by atoms with Crippen LogP contribution in [-0.4, -0.2) is 32.5 Å². The fraction of sp³-hybridized carbons (Fsp3) is 0.571. The minimum atomic E-state index is 0.0390. The van der Waals surface area contributed by atoms with Crippen molar-refractivity contribution in [2.45, 2.75) is 31.1 Å². The van der Waals surface area contributed by atoms with Crippen LogP contribution < -0.4 is 10.5 Å². The average Bonchev–Trinajstić information content (AvgIpc) is 3.24. The molecule has 2 saturated heterocycles. The summed E-state index contributed by atoms with van der Waals surface area (Å²) in [5.41, 5.74) is 8.70. The zero-order chi connectivity index (χ0) is 12.5. The van der Waals surface area contributed by atoms with Gasteiger partial charge in [-0.2, -0.15) is 0 Å². The van der Waals surface area contributed by atoms with E-state index in [4.69, 9.17) is 19.9 Å². The summed E-state index contributed by atoms with van der Waals surface area (Å²) in [5.74, 6) is 0.879. The summed E-state index contributed by atoms with van der Waals surface area (Å²) in [6.45, 7) is 1.71. The van der Waals surface area contributed by atoms with E-state index >= 15 is 0 Å². The van der Waals surface area contributed by atoms with Crippen molar-refractivity contribution in [2.24, 2.45) is 5.73 Å². The number of rotatable bonds is 6. The number of hydrogen-bond donors (Lipinski definition) is 1. The maximum absolute atomic E-state index is 6.26. The Hall–Kier alpha value is -1.10. The Morgan fingerprint density at radius 2 is 2.06 bits per heavy atom. The van der Waals surface area contributed by atoms with Crippen molar-refractivity contribution in [1.29, 1.82) is 0 Å². The predicted octanol–water partition coefficient (Wildman–Crippen LogP) is 1.43. The van der Waals surface area contributed by atoms with Crippen LogP contribution in [0.4, 0.5) is 0 Å². The molecule has 1 aromatic rings. The molecule has 0 aromatic heterocycles. The second-order valence-corrected chi connectivity index (χ2v) is 5.02. The lowest BCUT2D eigenvalue weighted by atomic mass is 9.94. The average molecular weight is 249 g/mol.